The quantitative estimate of drug-likeness (QED) is 0.723. The highest BCUT2D eigenvalue weighted by Crippen LogP contribution is 2.36. The van der Waals surface area contributed by atoms with E-state index in [0.29, 0.717) is 23.2 Å². The Bertz CT molecular complexity index is 1150. The van der Waals surface area contributed by atoms with Crippen LogP contribution in [0.5, 0.6) is 5.75 Å². The van der Waals surface area contributed by atoms with Crippen molar-refractivity contribution in [3.63, 3.8) is 0 Å². The number of ether oxygens (including phenoxy) is 1. The van der Waals surface area contributed by atoms with E-state index < -0.39 is 11.7 Å². The van der Waals surface area contributed by atoms with Crippen LogP contribution in [0, 0.1) is 5.82 Å². The molecule has 5 rings (SSSR count). The Kier molecular flexibility index (Phi) is 4.54. The standard InChI is InChI=1S/C24H19FN2O3/c25-20-11-14(21-7-3-4-8-26-21)9-15-10-16(30-23(15)20)13-27-24(29)19-12-22(28)18-6-2-1-5-17(18)19/h1-9,11,16,19H,10,12-13H2,(H,27,29)/t16-,19+/m1/s1. The highest BCUT2D eigenvalue weighted by atomic mass is 19.1. The summed E-state index contributed by atoms with van der Waals surface area (Å²) in [5.74, 6) is -0.903. The summed E-state index contributed by atoms with van der Waals surface area (Å²) in [5.41, 5.74) is 3.53. The zero-order valence-electron chi connectivity index (χ0n) is 16.1. The SMILES string of the molecule is O=C1C[C@H](C(=O)NC[C@H]2Cc3cc(-c4ccccn4)cc(F)c3O2)c2ccccc21. The predicted molar refractivity (Wildman–Crippen MR) is 109 cm³/mol. The number of rotatable bonds is 4. The van der Waals surface area contributed by atoms with E-state index in [1.165, 1.54) is 6.07 Å². The lowest BCUT2D eigenvalue weighted by Gasteiger charge is -2.15. The molecule has 1 aliphatic heterocycles. The van der Waals surface area contributed by atoms with Crippen molar-refractivity contribution in [1.29, 1.82) is 0 Å². The smallest absolute Gasteiger partial charge is 0.228 e. The fourth-order valence-electron chi connectivity index (χ4n) is 4.21. The Morgan fingerprint density at radius 1 is 1.13 bits per heavy atom. The van der Waals surface area contributed by atoms with Gasteiger partial charge in [0.1, 0.15) is 6.10 Å². The van der Waals surface area contributed by atoms with Crippen LogP contribution in [0.4, 0.5) is 4.39 Å². The fourth-order valence-corrected chi connectivity index (χ4v) is 4.21. The Morgan fingerprint density at radius 3 is 2.80 bits per heavy atom. The second-order valence-electron chi connectivity index (χ2n) is 7.62. The zero-order chi connectivity index (χ0) is 20.7. The largest absolute Gasteiger partial charge is 0.485 e. The van der Waals surface area contributed by atoms with E-state index in [1.807, 2.05) is 36.4 Å². The van der Waals surface area contributed by atoms with E-state index in [4.69, 9.17) is 4.74 Å². The highest BCUT2D eigenvalue weighted by molar-refractivity contribution is 6.06. The Balaban J connectivity index is 1.27. The number of fused-ring (bicyclic) bond motifs is 2. The van der Waals surface area contributed by atoms with Gasteiger partial charge in [0.2, 0.25) is 5.91 Å². The van der Waals surface area contributed by atoms with Crippen LogP contribution < -0.4 is 10.1 Å². The molecule has 0 saturated heterocycles. The third kappa shape index (κ3) is 3.24. The zero-order valence-corrected chi connectivity index (χ0v) is 16.1. The Labute approximate surface area is 172 Å². The molecule has 1 aromatic heterocycles. The first kappa shape index (κ1) is 18.5. The number of nitrogens with one attached hydrogen (secondary N) is 1. The molecule has 0 unspecified atom stereocenters. The van der Waals surface area contributed by atoms with Crippen molar-refractivity contribution >= 4 is 11.7 Å². The van der Waals surface area contributed by atoms with Crippen LogP contribution in [-0.2, 0) is 11.2 Å². The lowest BCUT2D eigenvalue weighted by atomic mass is 10.0. The molecule has 0 saturated carbocycles. The van der Waals surface area contributed by atoms with Crippen LogP contribution in [-0.4, -0.2) is 29.3 Å². The van der Waals surface area contributed by atoms with Crippen LogP contribution in [0.3, 0.4) is 0 Å². The van der Waals surface area contributed by atoms with Crippen molar-refractivity contribution < 1.29 is 18.7 Å². The molecule has 0 radical (unpaired) electrons. The number of hydrogen-bond donors (Lipinski definition) is 1. The van der Waals surface area contributed by atoms with Gasteiger partial charge >= 0.3 is 0 Å². The van der Waals surface area contributed by atoms with Gasteiger partial charge in [-0.05, 0) is 29.8 Å². The second kappa shape index (κ2) is 7.37. The number of halogens is 1. The first-order chi connectivity index (χ1) is 14.6. The molecule has 0 bridgehead atoms. The molecule has 3 aromatic rings. The number of amides is 1. The minimum absolute atomic E-state index is 0.0145. The third-order valence-electron chi connectivity index (χ3n) is 5.66. The lowest BCUT2D eigenvalue weighted by Crippen LogP contribution is -2.37. The van der Waals surface area contributed by atoms with Gasteiger partial charge in [-0.2, -0.15) is 0 Å². The molecule has 1 N–H and O–H groups in total. The normalized spacial score (nSPS) is 19.2. The first-order valence-electron chi connectivity index (χ1n) is 9.90. The average Bonchev–Trinajstić information content (AvgIpc) is 3.34. The number of aromatic nitrogens is 1. The van der Waals surface area contributed by atoms with E-state index in [1.54, 1.807) is 18.3 Å². The summed E-state index contributed by atoms with van der Waals surface area (Å²) in [6, 6.07) is 16.0. The number of carbonyl (C=O) groups excluding carboxylic acids is 2. The molecule has 2 atom stereocenters. The predicted octanol–water partition coefficient (Wildman–Crippen LogP) is 3.68. The van der Waals surface area contributed by atoms with E-state index in [-0.39, 0.29) is 36.5 Å². The Hall–Kier alpha value is -3.54. The van der Waals surface area contributed by atoms with E-state index in [0.717, 1.165) is 11.1 Å². The van der Waals surface area contributed by atoms with Crippen molar-refractivity contribution in [2.45, 2.75) is 24.9 Å². The summed E-state index contributed by atoms with van der Waals surface area (Å²) in [7, 11) is 0. The van der Waals surface area contributed by atoms with Gasteiger partial charge in [0.15, 0.2) is 17.3 Å². The minimum atomic E-state index is -0.482. The molecule has 0 fully saturated rings. The minimum Gasteiger partial charge on any atom is -0.485 e. The molecule has 0 spiro atoms. The Morgan fingerprint density at radius 2 is 1.97 bits per heavy atom. The molecule has 150 valence electrons. The lowest BCUT2D eigenvalue weighted by molar-refractivity contribution is -0.122. The topological polar surface area (TPSA) is 68.3 Å². The van der Waals surface area contributed by atoms with Gasteiger partial charge in [-0.15, -0.1) is 0 Å². The molecular formula is C24H19FN2O3. The molecule has 6 heteroatoms. The molecule has 30 heavy (non-hydrogen) atoms. The number of benzene rings is 2. The summed E-state index contributed by atoms with van der Waals surface area (Å²) in [6.07, 6.45) is 1.98. The monoisotopic (exact) mass is 402 g/mol. The summed E-state index contributed by atoms with van der Waals surface area (Å²) >= 11 is 0. The number of pyridine rings is 1. The molecule has 2 aromatic carbocycles. The van der Waals surface area contributed by atoms with Crippen molar-refractivity contribution in [3.8, 4) is 17.0 Å². The van der Waals surface area contributed by atoms with Crippen molar-refractivity contribution in [3.05, 3.63) is 83.3 Å². The maximum absolute atomic E-state index is 14.6. The molecular weight excluding hydrogens is 383 g/mol. The van der Waals surface area contributed by atoms with Crippen LogP contribution in [0.2, 0.25) is 0 Å². The van der Waals surface area contributed by atoms with Crippen LogP contribution in [0.1, 0.15) is 33.8 Å². The van der Waals surface area contributed by atoms with Crippen molar-refractivity contribution in [2.75, 3.05) is 6.54 Å². The van der Waals surface area contributed by atoms with Crippen LogP contribution >= 0.6 is 0 Å². The molecule has 1 aliphatic carbocycles. The van der Waals surface area contributed by atoms with Gasteiger partial charge in [0.05, 0.1) is 18.2 Å². The highest BCUT2D eigenvalue weighted by Gasteiger charge is 2.35. The van der Waals surface area contributed by atoms with Gasteiger partial charge in [0, 0.05) is 35.7 Å². The maximum atomic E-state index is 14.6. The molecule has 2 aliphatic rings. The molecule has 5 nitrogen and oxygen atoms in total. The summed E-state index contributed by atoms with van der Waals surface area (Å²) in [5, 5.41) is 2.88. The van der Waals surface area contributed by atoms with E-state index >= 15 is 0 Å². The second-order valence-corrected chi connectivity index (χ2v) is 7.62. The molecule has 1 amide bonds. The number of carbonyl (C=O) groups is 2. The average molecular weight is 402 g/mol. The summed E-state index contributed by atoms with van der Waals surface area (Å²) in [6.45, 7) is 0.249. The van der Waals surface area contributed by atoms with Crippen molar-refractivity contribution in [2.24, 2.45) is 0 Å². The first-order valence-corrected chi connectivity index (χ1v) is 9.90. The van der Waals surface area contributed by atoms with Gasteiger partial charge in [-0.3, -0.25) is 14.6 Å². The fraction of sp³-hybridized carbons (Fsp3) is 0.208. The third-order valence-corrected chi connectivity index (χ3v) is 5.66. The number of nitrogens with zero attached hydrogens (tertiary/aromatic N) is 1. The summed E-state index contributed by atoms with van der Waals surface area (Å²) < 4.78 is 20.3. The maximum Gasteiger partial charge on any atom is 0.228 e. The van der Waals surface area contributed by atoms with Crippen LogP contribution in [0.15, 0.2) is 60.8 Å². The van der Waals surface area contributed by atoms with E-state index in [2.05, 4.69) is 10.3 Å². The summed E-state index contributed by atoms with van der Waals surface area (Å²) in [4.78, 5) is 29.1. The van der Waals surface area contributed by atoms with Crippen LogP contribution in [0.25, 0.3) is 11.3 Å². The van der Waals surface area contributed by atoms with Crippen molar-refractivity contribution in [1.82, 2.24) is 10.3 Å². The number of ketones is 1. The van der Waals surface area contributed by atoms with Gasteiger partial charge in [-0.1, -0.05) is 30.3 Å². The van der Waals surface area contributed by atoms with Gasteiger partial charge < -0.3 is 10.1 Å². The number of Topliss-reactive ketones (excluding diaryl/α,β-unsaturated/α-hetero) is 1. The number of hydrogen-bond acceptors (Lipinski definition) is 4. The van der Waals surface area contributed by atoms with E-state index in [9.17, 15) is 14.0 Å². The van der Waals surface area contributed by atoms with Gasteiger partial charge in [-0.25, -0.2) is 4.39 Å². The van der Waals surface area contributed by atoms with Gasteiger partial charge in [0.25, 0.3) is 0 Å². The molecule has 2 heterocycles.